The van der Waals surface area contributed by atoms with Crippen LogP contribution in [0.4, 0.5) is 22.0 Å². The minimum atomic E-state index is -0.391. The highest BCUT2D eigenvalue weighted by atomic mass is 16.5. The minimum absolute atomic E-state index is 0.0999. The summed E-state index contributed by atoms with van der Waals surface area (Å²) in [6.45, 7) is 4.85. The van der Waals surface area contributed by atoms with Crippen LogP contribution in [-0.4, -0.2) is 67.2 Å². The number of ether oxygens (including phenoxy) is 1. The molecular formula is C34H34N6O4. The van der Waals surface area contributed by atoms with E-state index in [9.17, 15) is 9.59 Å². The number of anilines is 3. The van der Waals surface area contributed by atoms with E-state index in [1.165, 1.54) is 4.90 Å². The molecule has 1 aliphatic rings. The molecule has 0 bridgehead atoms. The third-order valence-electron chi connectivity index (χ3n) is 7.48. The Morgan fingerprint density at radius 3 is 2.14 bits per heavy atom. The lowest BCUT2D eigenvalue weighted by molar-refractivity contribution is 0.0827. The number of rotatable bonds is 7. The lowest BCUT2D eigenvalue weighted by Crippen LogP contribution is -2.37. The van der Waals surface area contributed by atoms with E-state index in [1.807, 2.05) is 42.5 Å². The van der Waals surface area contributed by atoms with Crippen molar-refractivity contribution < 1.29 is 18.7 Å². The first-order valence-corrected chi connectivity index (χ1v) is 14.6. The molecule has 0 saturated carbocycles. The predicted molar refractivity (Wildman–Crippen MR) is 172 cm³/mol. The van der Waals surface area contributed by atoms with Crippen LogP contribution in [0.1, 0.15) is 23.0 Å². The fourth-order valence-electron chi connectivity index (χ4n) is 5.08. The van der Waals surface area contributed by atoms with E-state index in [0.29, 0.717) is 36.0 Å². The van der Waals surface area contributed by atoms with Gasteiger partial charge in [-0.3, -0.25) is 4.79 Å². The predicted octanol–water partition coefficient (Wildman–Crippen LogP) is 6.30. The SMILES string of the molecule is CCc1ccc(-c2ccc3c(N4CCOCC4)nc(-c4ccc(NC(=O)Nc5ccc(C(=O)N(C)C)cc5)cc4)nc3c2)o1. The molecule has 3 amide bonds. The fourth-order valence-corrected chi connectivity index (χ4v) is 5.08. The zero-order chi connectivity index (χ0) is 30.6. The number of carbonyl (C=O) groups excluding carboxylic acids is 2. The first-order valence-electron chi connectivity index (χ1n) is 14.6. The van der Waals surface area contributed by atoms with Gasteiger partial charge < -0.3 is 29.6 Å². The Labute approximate surface area is 255 Å². The zero-order valence-corrected chi connectivity index (χ0v) is 25.0. The highest BCUT2D eigenvalue weighted by Gasteiger charge is 2.19. The van der Waals surface area contributed by atoms with E-state index >= 15 is 0 Å². The van der Waals surface area contributed by atoms with E-state index in [1.54, 1.807) is 38.4 Å². The third kappa shape index (κ3) is 6.25. The highest BCUT2D eigenvalue weighted by molar-refractivity contribution is 6.00. The molecule has 0 radical (unpaired) electrons. The maximum absolute atomic E-state index is 12.7. The van der Waals surface area contributed by atoms with E-state index in [0.717, 1.165) is 58.9 Å². The van der Waals surface area contributed by atoms with Crippen molar-refractivity contribution in [2.24, 2.45) is 0 Å². The first-order chi connectivity index (χ1) is 21.4. The van der Waals surface area contributed by atoms with Crippen LogP contribution in [0.25, 0.3) is 33.6 Å². The molecule has 5 aromatic rings. The number of hydrogen-bond donors (Lipinski definition) is 2. The van der Waals surface area contributed by atoms with Crippen molar-refractivity contribution in [2.45, 2.75) is 13.3 Å². The van der Waals surface area contributed by atoms with Crippen LogP contribution in [0, 0.1) is 0 Å². The molecule has 3 aromatic carbocycles. The summed E-state index contributed by atoms with van der Waals surface area (Å²) in [7, 11) is 3.39. The number of aromatic nitrogens is 2. The summed E-state index contributed by atoms with van der Waals surface area (Å²) in [5.74, 6) is 3.11. The van der Waals surface area contributed by atoms with Crippen LogP contribution in [0.3, 0.4) is 0 Å². The number of amides is 3. The Morgan fingerprint density at radius 2 is 1.50 bits per heavy atom. The van der Waals surface area contributed by atoms with Crippen molar-refractivity contribution in [1.82, 2.24) is 14.9 Å². The molecule has 6 rings (SSSR count). The van der Waals surface area contributed by atoms with Crippen LogP contribution in [0.2, 0.25) is 0 Å². The fraction of sp³-hybridized carbons (Fsp3) is 0.235. The van der Waals surface area contributed by atoms with Crippen LogP contribution in [-0.2, 0) is 11.2 Å². The second kappa shape index (κ2) is 12.6. The minimum Gasteiger partial charge on any atom is -0.461 e. The van der Waals surface area contributed by atoms with E-state index < -0.39 is 6.03 Å². The van der Waals surface area contributed by atoms with Gasteiger partial charge in [-0.2, -0.15) is 0 Å². The molecule has 2 aromatic heterocycles. The normalized spacial score (nSPS) is 13.1. The van der Waals surface area contributed by atoms with Gasteiger partial charge >= 0.3 is 6.03 Å². The molecule has 1 fully saturated rings. The highest BCUT2D eigenvalue weighted by Crippen LogP contribution is 2.32. The standard InChI is InChI=1S/C34H34N6O4/c1-4-27-14-16-30(44-27)24-9-15-28-29(21-24)37-31(38-32(28)40-17-19-43-20-18-40)22-5-10-25(11-6-22)35-34(42)36-26-12-7-23(8-13-26)33(41)39(2)3/h5-16,21H,4,17-20H2,1-3H3,(H2,35,36,42). The van der Waals surface area contributed by atoms with E-state index in [4.69, 9.17) is 19.1 Å². The maximum atomic E-state index is 12.7. The van der Waals surface area contributed by atoms with Crippen LogP contribution in [0.15, 0.2) is 83.3 Å². The molecule has 0 aliphatic carbocycles. The molecule has 224 valence electrons. The van der Waals surface area contributed by atoms with Gasteiger partial charge in [0.25, 0.3) is 5.91 Å². The topological polar surface area (TPSA) is 113 Å². The number of nitrogens with zero attached hydrogens (tertiary/aromatic N) is 4. The van der Waals surface area contributed by atoms with Crippen LogP contribution < -0.4 is 15.5 Å². The monoisotopic (exact) mass is 590 g/mol. The number of nitrogens with one attached hydrogen (secondary N) is 2. The van der Waals surface area contributed by atoms with Crippen molar-refractivity contribution in [2.75, 3.05) is 55.9 Å². The van der Waals surface area contributed by atoms with Gasteiger partial charge in [-0.1, -0.05) is 13.0 Å². The summed E-state index contributed by atoms with van der Waals surface area (Å²) in [6.07, 6.45) is 0.833. The smallest absolute Gasteiger partial charge is 0.323 e. The lowest BCUT2D eigenvalue weighted by Gasteiger charge is -2.29. The summed E-state index contributed by atoms with van der Waals surface area (Å²) < 4.78 is 11.6. The summed E-state index contributed by atoms with van der Waals surface area (Å²) in [6, 6.07) is 24.0. The number of carbonyl (C=O) groups is 2. The summed E-state index contributed by atoms with van der Waals surface area (Å²) in [4.78, 5) is 38.5. The van der Waals surface area contributed by atoms with Crippen LogP contribution >= 0.6 is 0 Å². The Balaban J connectivity index is 1.23. The maximum Gasteiger partial charge on any atom is 0.323 e. The van der Waals surface area contributed by atoms with E-state index in [-0.39, 0.29) is 5.91 Å². The van der Waals surface area contributed by atoms with Crippen molar-refractivity contribution in [3.63, 3.8) is 0 Å². The molecule has 10 nitrogen and oxygen atoms in total. The molecule has 1 saturated heterocycles. The number of morpholine rings is 1. The Bertz CT molecular complexity index is 1790. The lowest BCUT2D eigenvalue weighted by atomic mass is 10.1. The number of urea groups is 1. The van der Waals surface area contributed by atoms with Crippen LogP contribution in [0.5, 0.6) is 0 Å². The van der Waals surface area contributed by atoms with Crippen molar-refractivity contribution in [3.8, 4) is 22.7 Å². The average molecular weight is 591 g/mol. The van der Waals surface area contributed by atoms with Crippen molar-refractivity contribution in [3.05, 3.63) is 90.2 Å². The van der Waals surface area contributed by atoms with Gasteiger partial charge in [0, 0.05) is 67.1 Å². The van der Waals surface area contributed by atoms with Gasteiger partial charge in [-0.15, -0.1) is 0 Å². The summed E-state index contributed by atoms with van der Waals surface area (Å²) >= 11 is 0. The molecule has 0 atom stereocenters. The largest absolute Gasteiger partial charge is 0.461 e. The average Bonchev–Trinajstić information content (AvgIpc) is 3.54. The van der Waals surface area contributed by atoms with Gasteiger partial charge in [0.1, 0.15) is 17.3 Å². The van der Waals surface area contributed by atoms with Gasteiger partial charge in [-0.25, -0.2) is 14.8 Å². The molecule has 0 unspecified atom stereocenters. The van der Waals surface area contributed by atoms with E-state index in [2.05, 4.69) is 34.6 Å². The Hall–Kier alpha value is -5.22. The third-order valence-corrected chi connectivity index (χ3v) is 7.48. The van der Waals surface area contributed by atoms with Crippen molar-refractivity contribution >= 4 is 40.0 Å². The molecule has 44 heavy (non-hydrogen) atoms. The summed E-state index contributed by atoms with van der Waals surface area (Å²) in [5.41, 5.74) is 4.35. The second-order valence-electron chi connectivity index (χ2n) is 10.8. The Kier molecular flexibility index (Phi) is 8.25. The Morgan fingerprint density at radius 1 is 0.841 bits per heavy atom. The number of hydrogen-bond acceptors (Lipinski definition) is 7. The molecule has 3 heterocycles. The number of furan rings is 1. The molecular weight excluding hydrogens is 556 g/mol. The van der Waals surface area contributed by atoms with Gasteiger partial charge in [-0.05, 0) is 72.8 Å². The molecule has 10 heteroatoms. The van der Waals surface area contributed by atoms with Gasteiger partial charge in [0.05, 0.1) is 18.7 Å². The number of benzene rings is 3. The molecule has 2 N–H and O–H groups in total. The number of aryl methyl sites for hydroxylation is 1. The molecule has 1 aliphatic heterocycles. The van der Waals surface area contributed by atoms with Gasteiger partial charge in [0.15, 0.2) is 5.82 Å². The second-order valence-corrected chi connectivity index (χ2v) is 10.8. The van der Waals surface area contributed by atoms with Crippen molar-refractivity contribution in [1.29, 1.82) is 0 Å². The molecule has 0 spiro atoms. The first kappa shape index (κ1) is 28.9. The van der Waals surface area contributed by atoms with Gasteiger partial charge in [0.2, 0.25) is 0 Å². The number of fused-ring (bicyclic) bond motifs is 1. The quantitative estimate of drug-likeness (QED) is 0.229. The summed E-state index contributed by atoms with van der Waals surface area (Å²) in [5, 5.41) is 6.62. The zero-order valence-electron chi connectivity index (χ0n) is 25.0.